The second-order valence-electron chi connectivity index (χ2n) is 6.10. The molecule has 0 aliphatic rings. The number of carbonyl (C=O) groups excluding carboxylic acids is 4. The molecule has 14 heteroatoms. The number of nitrogens with one attached hydrogen (secondary N) is 3. The van der Waals surface area contributed by atoms with Gasteiger partial charge >= 0.3 is 11.9 Å². The summed E-state index contributed by atoms with van der Waals surface area (Å²) in [5.41, 5.74) is 10.4. The van der Waals surface area contributed by atoms with Crippen molar-refractivity contribution in [1.82, 2.24) is 16.0 Å². The molecule has 0 aromatic carbocycles. The summed E-state index contributed by atoms with van der Waals surface area (Å²) in [4.78, 5) is 69.3. The zero-order valence-corrected chi connectivity index (χ0v) is 15.6. The van der Waals surface area contributed by atoms with Crippen LogP contribution in [-0.2, 0) is 28.8 Å². The molecule has 0 aliphatic carbocycles. The highest BCUT2D eigenvalue weighted by molar-refractivity contribution is 5.96. The number of carbonyl (C=O) groups is 6. The molecule has 0 rings (SSSR count). The van der Waals surface area contributed by atoms with Crippen LogP contribution in [0.25, 0.3) is 0 Å². The van der Waals surface area contributed by atoms with Crippen molar-refractivity contribution in [2.75, 3.05) is 6.61 Å². The maximum absolute atomic E-state index is 12.4. The van der Waals surface area contributed by atoms with Crippen LogP contribution in [0.2, 0.25) is 0 Å². The molecule has 0 spiro atoms. The molecule has 0 bridgehead atoms. The lowest BCUT2D eigenvalue weighted by atomic mass is 10.1. The Kier molecular flexibility index (Phi) is 10.9. The molecule has 0 aromatic rings. The van der Waals surface area contributed by atoms with Crippen molar-refractivity contribution < 1.29 is 44.1 Å². The summed E-state index contributed by atoms with van der Waals surface area (Å²) in [7, 11) is 0. The summed E-state index contributed by atoms with van der Waals surface area (Å²) in [5.74, 6) is -6.74. The van der Waals surface area contributed by atoms with Gasteiger partial charge < -0.3 is 42.7 Å². The Balaban J connectivity index is 5.40. The van der Waals surface area contributed by atoms with Crippen LogP contribution in [0.1, 0.15) is 26.2 Å². The first-order chi connectivity index (χ1) is 13.4. The number of carboxylic acid groups (broad SMARTS) is 2. The van der Waals surface area contributed by atoms with Crippen LogP contribution in [0.15, 0.2) is 0 Å². The van der Waals surface area contributed by atoms with E-state index >= 15 is 0 Å². The lowest BCUT2D eigenvalue weighted by Gasteiger charge is -2.23. The largest absolute Gasteiger partial charge is 0.481 e. The number of aliphatic hydroxyl groups is 1. The molecule has 4 amide bonds. The summed E-state index contributed by atoms with van der Waals surface area (Å²) in [6, 6.07) is -5.75. The summed E-state index contributed by atoms with van der Waals surface area (Å²) < 4.78 is 0. The Hall–Kier alpha value is -3.26. The lowest BCUT2D eigenvalue weighted by molar-refractivity contribution is -0.143. The summed E-state index contributed by atoms with van der Waals surface area (Å²) in [6.07, 6.45) is -1.57. The quantitative estimate of drug-likeness (QED) is 0.142. The highest BCUT2D eigenvalue weighted by Gasteiger charge is 2.30. The average molecular weight is 419 g/mol. The SMILES string of the molecule is CC(N)C(=O)NC(CCC(=O)O)C(=O)NC(CC(N)=O)C(=O)NC(CO)C(=O)O. The maximum atomic E-state index is 12.4. The Morgan fingerprint density at radius 1 is 0.862 bits per heavy atom. The van der Waals surface area contributed by atoms with E-state index in [4.69, 9.17) is 26.8 Å². The van der Waals surface area contributed by atoms with E-state index in [0.717, 1.165) is 0 Å². The van der Waals surface area contributed by atoms with Gasteiger partial charge in [-0.15, -0.1) is 0 Å². The van der Waals surface area contributed by atoms with Crippen molar-refractivity contribution in [3.63, 3.8) is 0 Å². The van der Waals surface area contributed by atoms with Gasteiger partial charge in [-0.05, 0) is 13.3 Å². The highest BCUT2D eigenvalue weighted by Crippen LogP contribution is 2.02. The van der Waals surface area contributed by atoms with Crippen LogP contribution in [0, 0.1) is 0 Å². The van der Waals surface area contributed by atoms with Gasteiger partial charge in [-0.1, -0.05) is 0 Å². The van der Waals surface area contributed by atoms with Gasteiger partial charge in [-0.25, -0.2) is 4.79 Å². The standard InChI is InChI=1S/C15H25N5O9/c1-6(16)12(25)18-7(2-3-11(23)24)13(26)19-8(4-10(17)22)14(27)20-9(5-21)15(28)29/h6-9,21H,2-5,16H2,1H3,(H2,17,22)(H,18,25)(H,19,26)(H,20,27)(H,23,24)(H,28,29). The number of amides is 4. The zero-order chi connectivity index (χ0) is 22.7. The van der Waals surface area contributed by atoms with Crippen molar-refractivity contribution in [3.8, 4) is 0 Å². The number of rotatable bonds is 13. The number of carboxylic acids is 2. The number of aliphatic hydroxyl groups excluding tert-OH is 1. The average Bonchev–Trinajstić information content (AvgIpc) is 2.60. The number of hydrogen-bond donors (Lipinski definition) is 8. The molecule has 0 saturated carbocycles. The molecule has 10 N–H and O–H groups in total. The maximum Gasteiger partial charge on any atom is 0.328 e. The van der Waals surface area contributed by atoms with Gasteiger partial charge in [0.05, 0.1) is 19.1 Å². The first-order valence-electron chi connectivity index (χ1n) is 8.39. The van der Waals surface area contributed by atoms with Gasteiger partial charge in [-0.2, -0.15) is 0 Å². The van der Waals surface area contributed by atoms with E-state index in [1.165, 1.54) is 6.92 Å². The van der Waals surface area contributed by atoms with Gasteiger partial charge in [0.1, 0.15) is 18.1 Å². The number of hydrogen-bond acceptors (Lipinski definition) is 8. The Morgan fingerprint density at radius 2 is 1.34 bits per heavy atom. The molecule has 0 fully saturated rings. The first kappa shape index (κ1) is 25.7. The third kappa shape index (κ3) is 10.0. The Morgan fingerprint density at radius 3 is 1.76 bits per heavy atom. The van der Waals surface area contributed by atoms with Gasteiger partial charge in [0.25, 0.3) is 0 Å². The molecular formula is C15H25N5O9. The molecule has 29 heavy (non-hydrogen) atoms. The minimum atomic E-state index is -1.70. The fourth-order valence-corrected chi connectivity index (χ4v) is 1.98. The predicted molar refractivity (Wildman–Crippen MR) is 94.8 cm³/mol. The second-order valence-corrected chi connectivity index (χ2v) is 6.10. The van der Waals surface area contributed by atoms with E-state index in [1.807, 2.05) is 5.32 Å². The minimum Gasteiger partial charge on any atom is -0.481 e. The first-order valence-corrected chi connectivity index (χ1v) is 8.39. The van der Waals surface area contributed by atoms with E-state index in [-0.39, 0.29) is 6.42 Å². The van der Waals surface area contributed by atoms with Gasteiger partial charge in [0.2, 0.25) is 23.6 Å². The van der Waals surface area contributed by atoms with Crippen molar-refractivity contribution in [2.45, 2.75) is 50.4 Å². The van der Waals surface area contributed by atoms with Crippen molar-refractivity contribution in [3.05, 3.63) is 0 Å². The zero-order valence-electron chi connectivity index (χ0n) is 15.6. The number of primary amides is 1. The fraction of sp³-hybridized carbons (Fsp3) is 0.600. The third-order valence-corrected chi connectivity index (χ3v) is 3.53. The summed E-state index contributed by atoms with van der Waals surface area (Å²) in [6.45, 7) is 0.371. The normalized spacial score (nSPS) is 14.6. The van der Waals surface area contributed by atoms with Crippen LogP contribution < -0.4 is 27.4 Å². The van der Waals surface area contributed by atoms with Crippen LogP contribution in [0.5, 0.6) is 0 Å². The number of nitrogens with two attached hydrogens (primary N) is 2. The van der Waals surface area contributed by atoms with E-state index in [0.29, 0.717) is 0 Å². The topological polar surface area (TPSA) is 251 Å². The summed E-state index contributed by atoms with van der Waals surface area (Å²) in [5, 5.41) is 32.8. The van der Waals surface area contributed by atoms with E-state index in [9.17, 15) is 28.8 Å². The fourth-order valence-electron chi connectivity index (χ4n) is 1.98. The number of aliphatic carboxylic acids is 2. The molecule has 0 saturated heterocycles. The van der Waals surface area contributed by atoms with E-state index in [1.54, 1.807) is 0 Å². The van der Waals surface area contributed by atoms with Crippen molar-refractivity contribution in [1.29, 1.82) is 0 Å². The van der Waals surface area contributed by atoms with Crippen molar-refractivity contribution in [2.24, 2.45) is 11.5 Å². The van der Waals surface area contributed by atoms with Gasteiger partial charge in [0.15, 0.2) is 0 Å². The van der Waals surface area contributed by atoms with E-state index < -0.39 is 79.2 Å². The van der Waals surface area contributed by atoms with Gasteiger partial charge in [0, 0.05) is 6.42 Å². The van der Waals surface area contributed by atoms with Crippen LogP contribution in [0.3, 0.4) is 0 Å². The van der Waals surface area contributed by atoms with Crippen LogP contribution in [0.4, 0.5) is 0 Å². The Labute approximate surface area is 165 Å². The molecule has 14 nitrogen and oxygen atoms in total. The molecule has 0 heterocycles. The predicted octanol–water partition coefficient (Wildman–Crippen LogP) is -4.39. The monoisotopic (exact) mass is 419 g/mol. The van der Waals surface area contributed by atoms with Crippen molar-refractivity contribution >= 4 is 35.6 Å². The van der Waals surface area contributed by atoms with Crippen LogP contribution in [-0.4, -0.2) is 81.7 Å². The minimum absolute atomic E-state index is 0.348. The molecule has 0 aromatic heterocycles. The summed E-state index contributed by atoms with van der Waals surface area (Å²) >= 11 is 0. The second kappa shape index (κ2) is 12.2. The third-order valence-electron chi connectivity index (χ3n) is 3.53. The molecule has 0 aliphatic heterocycles. The molecule has 0 radical (unpaired) electrons. The molecular weight excluding hydrogens is 394 g/mol. The smallest absolute Gasteiger partial charge is 0.328 e. The Bertz CT molecular complexity index is 652. The molecule has 164 valence electrons. The van der Waals surface area contributed by atoms with E-state index in [2.05, 4.69) is 10.6 Å². The lowest BCUT2D eigenvalue weighted by Crippen LogP contribution is -2.58. The molecule has 4 atom stereocenters. The van der Waals surface area contributed by atoms with Crippen LogP contribution >= 0.6 is 0 Å². The molecule has 4 unspecified atom stereocenters. The van der Waals surface area contributed by atoms with Gasteiger partial charge in [-0.3, -0.25) is 24.0 Å². The highest BCUT2D eigenvalue weighted by atomic mass is 16.4.